The zero-order valence-electron chi connectivity index (χ0n) is 15.6. The van der Waals surface area contributed by atoms with Crippen molar-refractivity contribution in [3.05, 3.63) is 76.0 Å². The summed E-state index contributed by atoms with van der Waals surface area (Å²) in [5.74, 6) is -0.0501. The molecule has 5 nitrogen and oxygen atoms in total. The number of fused-ring (bicyclic) bond motifs is 1. The van der Waals surface area contributed by atoms with E-state index in [2.05, 4.69) is 4.98 Å². The molecule has 0 bridgehead atoms. The fourth-order valence-electron chi connectivity index (χ4n) is 3.25. The molecule has 0 aliphatic heterocycles. The van der Waals surface area contributed by atoms with E-state index in [4.69, 9.17) is 0 Å². The summed E-state index contributed by atoms with van der Waals surface area (Å²) in [5, 5.41) is 2.09. The maximum atomic E-state index is 12.8. The second kappa shape index (κ2) is 7.12. The van der Waals surface area contributed by atoms with Crippen LogP contribution in [0.2, 0.25) is 0 Å². The molecule has 0 N–H and O–H groups in total. The number of hydrogen-bond donors (Lipinski definition) is 0. The van der Waals surface area contributed by atoms with Gasteiger partial charge in [-0.15, -0.1) is 0 Å². The van der Waals surface area contributed by atoms with Crippen LogP contribution in [-0.2, 0) is 13.6 Å². The molecule has 0 aliphatic rings. The van der Waals surface area contributed by atoms with Crippen molar-refractivity contribution in [1.82, 2.24) is 14.5 Å². The molecule has 3 rings (SSSR count). The lowest BCUT2D eigenvalue weighted by Crippen LogP contribution is -2.34. The van der Waals surface area contributed by atoms with Gasteiger partial charge in [0, 0.05) is 44.1 Å². The Kier molecular flexibility index (Phi) is 4.89. The van der Waals surface area contributed by atoms with Crippen molar-refractivity contribution >= 4 is 16.7 Å². The predicted molar refractivity (Wildman–Crippen MR) is 103 cm³/mol. The number of nitrogens with zero attached hydrogens (tertiary/aromatic N) is 3. The van der Waals surface area contributed by atoms with E-state index in [1.54, 1.807) is 42.0 Å². The number of benzene rings is 1. The van der Waals surface area contributed by atoms with Gasteiger partial charge in [-0.25, -0.2) is 0 Å². The molecular weight excluding hydrogens is 326 g/mol. The molecule has 1 amide bonds. The maximum absolute atomic E-state index is 12.8. The van der Waals surface area contributed by atoms with E-state index in [1.807, 2.05) is 44.2 Å². The summed E-state index contributed by atoms with van der Waals surface area (Å²) in [6, 6.07) is 11.4. The van der Waals surface area contributed by atoms with Gasteiger partial charge >= 0.3 is 0 Å². The zero-order valence-corrected chi connectivity index (χ0v) is 15.6. The summed E-state index contributed by atoms with van der Waals surface area (Å²) in [6.45, 7) is 4.48. The molecule has 0 atom stereocenters. The molecule has 2 aromatic heterocycles. The molecule has 1 aromatic carbocycles. The fourth-order valence-corrected chi connectivity index (χ4v) is 3.25. The van der Waals surface area contributed by atoms with Crippen molar-refractivity contribution in [3.63, 3.8) is 0 Å². The van der Waals surface area contributed by atoms with Gasteiger partial charge in [0.25, 0.3) is 11.5 Å². The van der Waals surface area contributed by atoms with E-state index in [9.17, 15) is 9.59 Å². The largest absolute Gasteiger partial charge is 0.337 e. The molecule has 0 saturated carbocycles. The minimum atomic E-state index is -0.271. The first-order valence-electron chi connectivity index (χ1n) is 8.67. The number of rotatable bonds is 4. The summed E-state index contributed by atoms with van der Waals surface area (Å²) < 4.78 is 1.56. The predicted octanol–water partition coefficient (Wildman–Crippen LogP) is 3.33. The average Bonchev–Trinajstić information content (AvgIpc) is 2.63. The molecule has 0 saturated heterocycles. The highest BCUT2D eigenvalue weighted by molar-refractivity contribution is 5.94. The summed E-state index contributed by atoms with van der Waals surface area (Å²) in [7, 11) is 3.43. The molecule has 0 aliphatic carbocycles. The lowest BCUT2D eigenvalue weighted by molar-refractivity contribution is 0.0783. The second-order valence-corrected chi connectivity index (χ2v) is 6.87. The first kappa shape index (κ1) is 17.9. The molecule has 2 heterocycles. The lowest BCUT2D eigenvalue weighted by Gasteiger charge is -2.19. The van der Waals surface area contributed by atoms with Crippen LogP contribution < -0.4 is 5.56 Å². The number of carbonyl (C=O) groups excluding carboxylic acids is 1. The first-order valence-corrected chi connectivity index (χ1v) is 8.67. The number of aromatic nitrogens is 2. The van der Waals surface area contributed by atoms with Gasteiger partial charge in [-0.3, -0.25) is 14.6 Å². The normalized spacial score (nSPS) is 11.1. The monoisotopic (exact) mass is 349 g/mol. The first-order chi connectivity index (χ1) is 12.4. The summed E-state index contributed by atoms with van der Waals surface area (Å²) in [6.07, 6.45) is 3.55. The Balaban J connectivity index is 1.91. The molecular formula is C21H23N3O2. The van der Waals surface area contributed by atoms with Gasteiger partial charge in [-0.05, 0) is 35.1 Å². The van der Waals surface area contributed by atoms with Crippen LogP contribution in [0.25, 0.3) is 10.8 Å². The summed E-state index contributed by atoms with van der Waals surface area (Å²) in [4.78, 5) is 31.2. The van der Waals surface area contributed by atoms with Crippen molar-refractivity contribution in [3.8, 4) is 0 Å². The van der Waals surface area contributed by atoms with Crippen molar-refractivity contribution in [1.29, 1.82) is 0 Å². The van der Waals surface area contributed by atoms with Crippen molar-refractivity contribution in [2.75, 3.05) is 7.05 Å². The molecule has 134 valence electrons. The number of hydrogen-bond acceptors (Lipinski definition) is 3. The molecule has 5 heteroatoms. The minimum absolute atomic E-state index is 0.196. The molecule has 0 fully saturated rings. The van der Waals surface area contributed by atoms with E-state index >= 15 is 0 Å². The SMILES string of the molecule is CC(C)c1ccc(C(=O)N(C)Cc2cccc3cnccc23)c(=O)n1C. The van der Waals surface area contributed by atoms with Gasteiger partial charge in [0.05, 0.1) is 0 Å². The van der Waals surface area contributed by atoms with Crippen LogP contribution in [0.1, 0.15) is 41.4 Å². The topological polar surface area (TPSA) is 55.2 Å². The van der Waals surface area contributed by atoms with E-state index in [0.717, 1.165) is 22.0 Å². The van der Waals surface area contributed by atoms with Gasteiger partial charge in [-0.2, -0.15) is 0 Å². The van der Waals surface area contributed by atoms with Crippen molar-refractivity contribution < 1.29 is 4.79 Å². The highest BCUT2D eigenvalue weighted by atomic mass is 16.2. The van der Waals surface area contributed by atoms with E-state index in [0.29, 0.717) is 6.54 Å². The highest BCUT2D eigenvalue weighted by Crippen LogP contribution is 2.19. The number of amides is 1. The Morgan fingerprint density at radius 3 is 2.69 bits per heavy atom. The van der Waals surface area contributed by atoms with Crippen LogP contribution in [-0.4, -0.2) is 27.4 Å². The Labute approximate surface area is 152 Å². The van der Waals surface area contributed by atoms with Gasteiger partial charge in [0.1, 0.15) is 5.56 Å². The third-order valence-corrected chi connectivity index (χ3v) is 4.69. The van der Waals surface area contributed by atoms with E-state index < -0.39 is 0 Å². The maximum Gasteiger partial charge on any atom is 0.263 e. The molecule has 0 radical (unpaired) electrons. The van der Waals surface area contributed by atoms with Crippen molar-refractivity contribution in [2.45, 2.75) is 26.3 Å². The van der Waals surface area contributed by atoms with Gasteiger partial charge in [-0.1, -0.05) is 32.0 Å². The quantitative estimate of drug-likeness (QED) is 0.726. The zero-order chi connectivity index (χ0) is 18.8. The molecule has 0 spiro atoms. The van der Waals surface area contributed by atoms with Crippen LogP contribution in [0.15, 0.2) is 53.6 Å². The average molecular weight is 349 g/mol. The highest BCUT2D eigenvalue weighted by Gasteiger charge is 2.19. The molecule has 3 aromatic rings. The summed E-state index contributed by atoms with van der Waals surface area (Å²) in [5.41, 5.74) is 1.88. The Hall–Kier alpha value is -2.95. The van der Waals surface area contributed by atoms with Crippen molar-refractivity contribution in [2.24, 2.45) is 7.05 Å². The number of pyridine rings is 2. The van der Waals surface area contributed by atoms with Crippen LogP contribution in [0.4, 0.5) is 0 Å². The van der Waals surface area contributed by atoms with Crippen LogP contribution in [0, 0.1) is 0 Å². The smallest absolute Gasteiger partial charge is 0.263 e. The lowest BCUT2D eigenvalue weighted by atomic mass is 10.1. The van der Waals surface area contributed by atoms with Crippen LogP contribution >= 0.6 is 0 Å². The van der Waals surface area contributed by atoms with Gasteiger partial charge in [0.2, 0.25) is 0 Å². The third-order valence-electron chi connectivity index (χ3n) is 4.69. The van der Waals surface area contributed by atoms with Gasteiger partial charge < -0.3 is 9.47 Å². The fraction of sp³-hybridized carbons (Fsp3) is 0.286. The third kappa shape index (κ3) is 3.25. The number of carbonyl (C=O) groups is 1. The minimum Gasteiger partial charge on any atom is -0.337 e. The van der Waals surface area contributed by atoms with Gasteiger partial charge in [0.15, 0.2) is 0 Å². The Bertz CT molecular complexity index is 1020. The van der Waals surface area contributed by atoms with E-state index in [1.165, 1.54) is 0 Å². The Morgan fingerprint density at radius 2 is 1.96 bits per heavy atom. The van der Waals surface area contributed by atoms with E-state index in [-0.39, 0.29) is 22.9 Å². The standard InChI is InChI=1S/C21H23N3O2/c1-14(2)19-9-8-18(21(26)24(19)4)20(25)23(3)13-16-7-5-6-15-12-22-11-10-17(15)16/h5-12,14H,13H2,1-4H3. The van der Waals surface area contributed by atoms with Crippen LogP contribution in [0.5, 0.6) is 0 Å². The Morgan fingerprint density at radius 1 is 1.19 bits per heavy atom. The molecule has 0 unspecified atom stereocenters. The second-order valence-electron chi connectivity index (χ2n) is 6.87. The molecule has 26 heavy (non-hydrogen) atoms. The van der Waals surface area contributed by atoms with Crippen LogP contribution in [0.3, 0.4) is 0 Å². The summed E-state index contributed by atoms with van der Waals surface area (Å²) >= 11 is 0.